The first-order valence-electron chi connectivity index (χ1n) is 7.12. The summed E-state index contributed by atoms with van der Waals surface area (Å²) in [4.78, 5) is 16.5. The molecule has 2 unspecified atom stereocenters. The van der Waals surface area contributed by atoms with Crippen molar-refractivity contribution in [2.45, 2.75) is 33.4 Å². The topological polar surface area (TPSA) is 36.7 Å². The van der Waals surface area contributed by atoms with Crippen LogP contribution < -0.4 is 0 Å². The predicted molar refractivity (Wildman–Crippen MR) is 72.6 cm³/mol. The van der Waals surface area contributed by atoms with Crippen LogP contribution in [0.5, 0.6) is 0 Å². The molecule has 4 heteroatoms. The number of hydrogen-bond acceptors (Lipinski definition) is 3. The zero-order valence-electron chi connectivity index (χ0n) is 11.9. The Kier molecular flexibility index (Phi) is 3.13. The molecule has 2 saturated heterocycles. The van der Waals surface area contributed by atoms with Crippen molar-refractivity contribution in [3.63, 3.8) is 0 Å². The molecule has 2 fully saturated rings. The predicted octanol–water partition coefficient (Wildman–Crippen LogP) is 1.89. The Morgan fingerprint density at radius 3 is 2.79 bits per heavy atom. The third kappa shape index (κ3) is 2.29. The van der Waals surface area contributed by atoms with Crippen molar-refractivity contribution in [1.82, 2.24) is 9.80 Å². The minimum absolute atomic E-state index is 0.110. The van der Waals surface area contributed by atoms with Gasteiger partial charge in [0.15, 0.2) is 0 Å². The molecule has 2 aliphatic rings. The quantitative estimate of drug-likeness (QED) is 0.834. The zero-order valence-corrected chi connectivity index (χ0v) is 11.9. The number of furan rings is 1. The zero-order chi connectivity index (χ0) is 13.6. The number of hydrogen-bond donors (Lipinski definition) is 0. The molecule has 2 atom stereocenters. The first kappa shape index (κ1) is 12.7. The maximum atomic E-state index is 12.0. The van der Waals surface area contributed by atoms with E-state index in [4.69, 9.17) is 4.42 Å². The molecule has 1 aromatic rings. The first-order valence-corrected chi connectivity index (χ1v) is 7.12. The number of likely N-dealkylation sites (tertiary alicyclic amines) is 2. The van der Waals surface area contributed by atoms with E-state index in [1.165, 1.54) is 0 Å². The van der Waals surface area contributed by atoms with Crippen molar-refractivity contribution >= 4 is 5.91 Å². The van der Waals surface area contributed by atoms with E-state index < -0.39 is 0 Å². The summed E-state index contributed by atoms with van der Waals surface area (Å²) < 4.78 is 5.63. The molecule has 2 aliphatic heterocycles. The summed E-state index contributed by atoms with van der Waals surface area (Å²) in [6.07, 6.45) is 0. The van der Waals surface area contributed by atoms with Crippen molar-refractivity contribution in [3.05, 3.63) is 23.7 Å². The summed E-state index contributed by atoms with van der Waals surface area (Å²) >= 11 is 0. The van der Waals surface area contributed by atoms with Gasteiger partial charge in [-0.25, -0.2) is 0 Å². The number of nitrogens with zero attached hydrogens (tertiary/aromatic N) is 2. The minimum atomic E-state index is 0.110. The molecule has 1 aromatic heterocycles. The lowest BCUT2D eigenvalue weighted by Crippen LogP contribution is -2.54. The van der Waals surface area contributed by atoms with Crippen LogP contribution >= 0.6 is 0 Å². The van der Waals surface area contributed by atoms with Gasteiger partial charge in [0.05, 0.1) is 6.54 Å². The third-order valence-electron chi connectivity index (χ3n) is 4.31. The molecule has 0 bridgehead atoms. The minimum Gasteiger partial charge on any atom is -0.465 e. The summed E-state index contributed by atoms with van der Waals surface area (Å²) in [5.41, 5.74) is 0. The van der Waals surface area contributed by atoms with Crippen LogP contribution in [0, 0.1) is 18.8 Å². The molecule has 0 radical (unpaired) electrons. The Morgan fingerprint density at radius 1 is 1.37 bits per heavy atom. The Bertz CT molecular complexity index is 480. The van der Waals surface area contributed by atoms with Crippen molar-refractivity contribution in [1.29, 1.82) is 0 Å². The maximum absolute atomic E-state index is 12.0. The Balaban J connectivity index is 1.58. The SMILES string of the molecule is Cc1ccc(CN2CC3CN(C(=O)C(C)C)CC32)o1. The Morgan fingerprint density at radius 2 is 2.16 bits per heavy atom. The molecule has 4 nitrogen and oxygen atoms in total. The Labute approximate surface area is 114 Å². The molecular weight excluding hydrogens is 240 g/mol. The fourth-order valence-electron chi connectivity index (χ4n) is 3.24. The van der Waals surface area contributed by atoms with Gasteiger partial charge in [-0.3, -0.25) is 9.69 Å². The number of aryl methyl sites for hydroxylation is 1. The largest absolute Gasteiger partial charge is 0.465 e. The van der Waals surface area contributed by atoms with Gasteiger partial charge in [0.1, 0.15) is 11.5 Å². The third-order valence-corrected chi connectivity index (χ3v) is 4.31. The lowest BCUT2D eigenvalue weighted by Gasteiger charge is -2.42. The van der Waals surface area contributed by atoms with E-state index in [-0.39, 0.29) is 5.92 Å². The summed E-state index contributed by atoms with van der Waals surface area (Å²) in [7, 11) is 0. The number of amides is 1. The van der Waals surface area contributed by atoms with Gasteiger partial charge in [-0.2, -0.15) is 0 Å². The van der Waals surface area contributed by atoms with Crippen molar-refractivity contribution in [3.8, 4) is 0 Å². The standard InChI is InChI=1S/C15H22N2O2/c1-10(2)15(18)17-7-12-6-16(14(12)9-17)8-13-5-4-11(3)19-13/h4-5,10,12,14H,6-9H2,1-3H3. The van der Waals surface area contributed by atoms with Crippen molar-refractivity contribution in [2.24, 2.45) is 11.8 Å². The van der Waals surface area contributed by atoms with Gasteiger partial charge in [0.25, 0.3) is 0 Å². The second-order valence-electron chi connectivity index (χ2n) is 6.17. The van der Waals surface area contributed by atoms with Gasteiger partial charge < -0.3 is 9.32 Å². The van der Waals surface area contributed by atoms with Gasteiger partial charge in [-0.1, -0.05) is 13.8 Å². The molecule has 1 amide bonds. The number of fused-ring (bicyclic) bond motifs is 1. The van der Waals surface area contributed by atoms with Gasteiger partial charge in [-0.05, 0) is 19.1 Å². The van der Waals surface area contributed by atoms with E-state index in [2.05, 4.69) is 11.0 Å². The molecule has 0 aliphatic carbocycles. The second kappa shape index (κ2) is 4.67. The van der Waals surface area contributed by atoms with Crippen LogP contribution in [0.1, 0.15) is 25.4 Å². The van der Waals surface area contributed by atoms with E-state index >= 15 is 0 Å². The average molecular weight is 262 g/mol. The van der Waals surface area contributed by atoms with E-state index in [9.17, 15) is 4.79 Å². The molecule has 3 heterocycles. The van der Waals surface area contributed by atoms with Crippen molar-refractivity contribution in [2.75, 3.05) is 19.6 Å². The van der Waals surface area contributed by atoms with Gasteiger partial charge in [-0.15, -0.1) is 0 Å². The number of carbonyl (C=O) groups excluding carboxylic acids is 1. The van der Waals surface area contributed by atoms with Crippen LogP contribution in [0.2, 0.25) is 0 Å². The van der Waals surface area contributed by atoms with Crippen LogP contribution in [-0.2, 0) is 11.3 Å². The maximum Gasteiger partial charge on any atom is 0.225 e. The van der Waals surface area contributed by atoms with E-state index in [0.717, 1.165) is 37.7 Å². The fourth-order valence-corrected chi connectivity index (χ4v) is 3.24. The molecule has 0 N–H and O–H groups in total. The average Bonchev–Trinajstić information content (AvgIpc) is 2.89. The van der Waals surface area contributed by atoms with Gasteiger partial charge in [0.2, 0.25) is 5.91 Å². The van der Waals surface area contributed by atoms with Crippen LogP contribution in [0.4, 0.5) is 0 Å². The summed E-state index contributed by atoms with van der Waals surface area (Å²) in [6, 6.07) is 4.60. The molecule has 3 rings (SSSR count). The monoisotopic (exact) mass is 262 g/mol. The number of carbonyl (C=O) groups is 1. The van der Waals surface area contributed by atoms with Gasteiger partial charge >= 0.3 is 0 Å². The normalized spacial score (nSPS) is 26.6. The van der Waals surface area contributed by atoms with E-state index in [0.29, 0.717) is 17.9 Å². The van der Waals surface area contributed by atoms with Crippen LogP contribution in [-0.4, -0.2) is 41.4 Å². The van der Waals surface area contributed by atoms with E-state index in [1.54, 1.807) is 0 Å². The molecule has 0 spiro atoms. The molecular formula is C15H22N2O2. The highest BCUT2D eigenvalue weighted by molar-refractivity contribution is 5.78. The van der Waals surface area contributed by atoms with Crippen molar-refractivity contribution < 1.29 is 9.21 Å². The molecule has 0 aromatic carbocycles. The highest BCUT2D eigenvalue weighted by Gasteiger charge is 2.46. The fraction of sp³-hybridized carbons (Fsp3) is 0.667. The smallest absolute Gasteiger partial charge is 0.225 e. The molecule has 0 saturated carbocycles. The van der Waals surface area contributed by atoms with Crippen LogP contribution in [0.25, 0.3) is 0 Å². The van der Waals surface area contributed by atoms with Crippen LogP contribution in [0.3, 0.4) is 0 Å². The summed E-state index contributed by atoms with van der Waals surface area (Å²) in [6.45, 7) is 9.72. The lowest BCUT2D eigenvalue weighted by atomic mass is 9.92. The van der Waals surface area contributed by atoms with Gasteiger partial charge in [0, 0.05) is 37.5 Å². The highest BCUT2D eigenvalue weighted by atomic mass is 16.3. The summed E-state index contributed by atoms with van der Waals surface area (Å²) in [5.74, 6) is 3.07. The van der Waals surface area contributed by atoms with Crippen LogP contribution in [0.15, 0.2) is 16.5 Å². The lowest BCUT2D eigenvalue weighted by molar-refractivity contribution is -0.133. The summed E-state index contributed by atoms with van der Waals surface area (Å²) in [5, 5.41) is 0. The first-order chi connectivity index (χ1) is 9.04. The van der Waals surface area contributed by atoms with E-state index in [1.807, 2.05) is 31.7 Å². The second-order valence-corrected chi connectivity index (χ2v) is 6.17. The highest BCUT2D eigenvalue weighted by Crippen LogP contribution is 2.34. The molecule has 19 heavy (non-hydrogen) atoms. The number of rotatable bonds is 3. The Hall–Kier alpha value is -1.29. The molecule has 104 valence electrons.